The molecule has 0 aliphatic carbocycles. The van der Waals surface area contributed by atoms with Crippen LogP contribution in [0.3, 0.4) is 0 Å². The number of nitrogens with zero attached hydrogens (tertiary/aromatic N) is 2. The van der Waals surface area contributed by atoms with Gasteiger partial charge in [0.2, 0.25) is 21.8 Å². The summed E-state index contributed by atoms with van der Waals surface area (Å²) in [6.45, 7) is 1.21. The van der Waals surface area contributed by atoms with E-state index in [1.807, 2.05) is 60.7 Å². The van der Waals surface area contributed by atoms with E-state index in [1.54, 1.807) is 29.2 Å². The first kappa shape index (κ1) is 28.5. The maximum Gasteiger partial charge on any atom is 0.247 e. The highest BCUT2D eigenvalue weighted by Crippen LogP contribution is 2.26. The van der Waals surface area contributed by atoms with E-state index in [1.165, 1.54) is 4.31 Å². The van der Waals surface area contributed by atoms with Crippen molar-refractivity contribution in [3.8, 4) is 0 Å². The number of benzene rings is 3. The van der Waals surface area contributed by atoms with Gasteiger partial charge >= 0.3 is 0 Å². The van der Waals surface area contributed by atoms with Crippen molar-refractivity contribution in [3.05, 3.63) is 102 Å². The Hall–Kier alpha value is -3.53. The molecule has 2 amide bonds. The molecule has 0 saturated carbocycles. The topological polar surface area (TPSA) is 107 Å². The molecule has 1 aliphatic rings. The molecular formula is C30H35N3O5S. The van der Waals surface area contributed by atoms with E-state index in [4.69, 9.17) is 0 Å². The molecule has 39 heavy (non-hydrogen) atoms. The van der Waals surface area contributed by atoms with Crippen LogP contribution >= 0.6 is 0 Å². The maximum atomic E-state index is 13.7. The van der Waals surface area contributed by atoms with Crippen LogP contribution in [0, 0.1) is 0 Å². The molecule has 1 aliphatic heterocycles. The van der Waals surface area contributed by atoms with Crippen molar-refractivity contribution < 1.29 is 23.1 Å². The predicted octanol–water partition coefficient (Wildman–Crippen LogP) is 3.28. The summed E-state index contributed by atoms with van der Waals surface area (Å²) in [7, 11) is -3.50. The van der Waals surface area contributed by atoms with Crippen LogP contribution < -0.4 is 5.32 Å². The highest BCUT2D eigenvalue weighted by atomic mass is 32.2. The summed E-state index contributed by atoms with van der Waals surface area (Å²) in [5, 5.41) is 12.0. The van der Waals surface area contributed by atoms with Crippen LogP contribution in [0.25, 0.3) is 0 Å². The minimum Gasteiger partial charge on any atom is -0.395 e. The summed E-state index contributed by atoms with van der Waals surface area (Å²) in [5.41, 5.74) is 2.40. The standard InChI is InChI=1S/C30H35N3O5S/c34-22-19-31-30(36)29(26-11-5-2-6-12-26)33(23-25-9-3-1-4-10-25)28(35)18-15-24-13-16-27(17-14-24)39(37,38)32-20-7-8-21-32/h1-6,9-14,16-17,29,34H,7-8,15,18-23H2,(H,31,36)/t29-/m1/s1. The van der Waals surface area contributed by atoms with Gasteiger partial charge in [-0.3, -0.25) is 9.59 Å². The predicted molar refractivity (Wildman–Crippen MR) is 149 cm³/mol. The summed E-state index contributed by atoms with van der Waals surface area (Å²) >= 11 is 0. The zero-order chi connectivity index (χ0) is 27.7. The molecule has 0 unspecified atom stereocenters. The van der Waals surface area contributed by atoms with Crippen molar-refractivity contribution in [1.82, 2.24) is 14.5 Å². The highest BCUT2D eigenvalue weighted by molar-refractivity contribution is 7.89. The van der Waals surface area contributed by atoms with Crippen LogP contribution in [0.15, 0.2) is 89.8 Å². The molecular weight excluding hydrogens is 514 g/mol. The summed E-state index contributed by atoms with van der Waals surface area (Å²) < 4.78 is 27.2. The highest BCUT2D eigenvalue weighted by Gasteiger charge is 2.31. The third-order valence-electron chi connectivity index (χ3n) is 6.86. The molecule has 0 aromatic heterocycles. The zero-order valence-electron chi connectivity index (χ0n) is 21.9. The van der Waals surface area contributed by atoms with E-state index < -0.39 is 16.1 Å². The fourth-order valence-corrected chi connectivity index (χ4v) is 6.31. The van der Waals surface area contributed by atoms with Gasteiger partial charge in [-0.25, -0.2) is 8.42 Å². The summed E-state index contributed by atoms with van der Waals surface area (Å²) in [6, 6.07) is 24.4. The molecule has 9 heteroatoms. The SMILES string of the molecule is O=C(NCCO)[C@@H](c1ccccc1)N(Cc1ccccc1)C(=O)CCc1ccc(S(=O)(=O)N2CCCC2)cc1. The van der Waals surface area contributed by atoms with E-state index in [9.17, 15) is 23.1 Å². The second kappa shape index (κ2) is 13.5. The van der Waals surface area contributed by atoms with Crippen LogP contribution in [0.1, 0.15) is 42.0 Å². The van der Waals surface area contributed by atoms with E-state index >= 15 is 0 Å². The monoisotopic (exact) mass is 549 g/mol. The molecule has 0 spiro atoms. The third-order valence-corrected chi connectivity index (χ3v) is 8.77. The number of nitrogens with one attached hydrogen (secondary N) is 1. The number of sulfonamides is 1. The normalized spacial score (nSPS) is 14.6. The second-order valence-electron chi connectivity index (χ2n) is 9.59. The average Bonchev–Trinajstić information content (AvgIpc) is 3.52. The van der Waals surface area contributed by atoms with Gasteiger partial charge in [0.25, 0.3) is 0 Å². The van der Waals surface area contributed by atoms with Gasteiger partial charge in [-0.2, -0.15) is 4.31 Å². The lowest BCUT2D eigenvalue weighted by atomic mass is 10.0. The number of rotatable bonds is 12. The van der Waals surface area contributed by atoms with Gasteiger partial charge in [0, 0.05) is 32.6 Å². The van der Waals surface area contributed by atoms with Crippen LogP contribution in [0.5, 0.6) is 0 Å². The smallest absolute Gasteiger partial charge is 0.247 e. The van der Waals surface area contributed by atoms with Crippen molar-refractivity contribution in [2.45, 2.75) is 43.2 Å². The minimum absolute atomic E-state index is 0.0855. The van der Waals surface area contributed by atoms with Crippen molar-refractivity contribution in [2.24, 2.45) is 0 Å². The third kappa shape index (κ3) is 7.32. The van der Waals surface area contributed by atoms with Crippen LogP contribution in [-0.4, -0.2) is 60.8 Å². The number of aliphatic hydroxyl groups excluding tert-OH is 1. The Bertz CT molecular complexity index is 1330. The van der Waals surface area contributed by atoms with Crippen molar-refractivity contribution in [2.75, 3.05) is 26.2 Å². The molecule has 3 aromatic carbocycles. The van der Waals surface area contributed by atoms with Gasteiger partial charge in [-0.15, -0.1) is 0 Å². The number of hydrogen-bond acceptors (Lipinski definition) is 5. The molecule has 4 rings (SSSR count). The van der Waals surface area contributed by atoms with Gasteiger partial charge in [0.1, 0.15) is 6.04 Å². The van der Waals surface area contributed by atoms with Gasteiger partial charge in [0.05, 0.1) is 11.5 Å². The molecule has 1 saturated heterocycles. The lowest BCUT2D eigenvalue weighted by Gasteiger charge is -2.31. The van der Waals surface area contributed by atoms with Gasteiger partial charge < -0.3 is 15.3 Å². The quantitative estimate of drug-likeness (QED) is 0.361. The molecule has 3 aromatic rings. The molecule has 0 bridgehead atoms. The Labute approximate surface area is 230 Å². The van der Waals surface area contributed by atoms with E-state index in [0.717, 1.165) is 24.0 Å². The summed E-state index contributed by atoms with van der Waals surface area (Å²) in [6.07, 6.45) is 2.29. The Kier molecular flexibility index (Phi) is 9.86. The largest absolute Gasteiger partial charge is 0.395 e. The fraction of sp³-hybridized carbons (Fsp3) is 0.333. The summed E-state index contributed by atoms with van der Waals surface area (Å²) in [4.78, 5) is 28.8. The summed E-state index contributed by atoms with van der Waals surface area (Å²) in [5.74, 6) is -0.573. The maximum absolute atomic E-state index is 13.7. The molecule has 1 heterocycles. The lowest BCUT2D eigenvalue weighted by molar-refractivity contribution is -0.141. The average molecular weight is 550 g/mol. The van der Waals surface area contributed by atoms with Crippen LogP contribution in [0.2, 0.25) is 0 Å². The Balaban J connectivity index is 1.54. The van der Waals surface area contributed by atoms with E-state index in [0.29, 0.717) is 25.1 Å². The lowest BCUT2D eigenvalue weighted by Crippen LogP contribution is -2.44. The molecule has 206 valence electrons. The first-order valence-electron chi connectivity index (χ1n) is 13.3. The van der Waals surface area contributed by atoms with Crippen LogP contribution in [-0.2, 0) is 32.6 Å². The second-order valence-corrected chi connectivity index (χ2v) is 11.5. The number of amides is 2. The van der Waals surface area contributed by atoms with Crippen molar-refractivity contribution in [3.63, 3.8) is 0 Å². The van der Waals surface area contributed by atoms with Gasteiger partial charge in [0.15, 0.2) is 0 Å². The van der Waals surface area contributed by atoms with Gasteiger partial charge in [-0.1, -0.05) is 72.8 Å². The molecule has 0 radical (unpaired) electrons. The Morgan fingerprint density at radius 1 is 0.872 bits per heavy atom. The van der Waals surface area contributed by atoms with Gasteiger partial charge in [-0.05, 0) is 48.1 Å². The van der Waals surface area contributed by atoms with Crippen molar-refractivity contribution in [1.29, 1.82) is 0 Å². The number of aryl methyl sites for hydroxylation is 1. The molecule has 2 N–H and O–H groups in total. The number of aliphatic hydroxyl groups is 1. The minimum atomic E-state index is -3.50. The number of hydrogen-bond donors (Lipinski definition) is 2. The first-order chi connectivity index (χ1) is 18.9. The Morgan fingerprint density at radius 2 is 1.49 bits per heavy atom. The number of carbonyl (C=O) groups excluding carboxylic acids is 2. The first-order valence-corrected chi connectivity index (χ1v) is 14.7. The number of carbonyl (C=O) groups is 2. The fourth-order valence-electron chi connectivity index (χ4n) is 4.79. The van der Waals surface area contributed by atoms with Crippen molar-refractivity contribution >= 4 is 21.8 Å². The Morgan fingerprint density at radius 3 is 2.10 bits per heavy atom. The van der Waals surface area contributed by atoms with Crippen LogP contribution in [0.4, 0.5) is 0 Å². The zero-order valence-corrected chi connectivity index (χ0v) is 22.7. The molecule has 1 fully saturated rings. The molecule has 1 atom stereocenters. The molecule has 8 nitrogen and oxygen atoms in total. The van der Waals surface area contributed by atoms with E-state index in [-0.39, 0.29) is 42.8 Å². The van der Waals surface area contributed by atoms with E-state index in [2.05, 4.69) is 5.32 Å².